The van der Waals surface area contributed by atoms with E-state index in [2.05, 4.69) is 15.6 Å². The Bertz CT molecular complexity index is 923. The second-order valence-electron chi connectivity index (χ2n) is 5.56. The van der Waals surface area contributed by atoms with Crippen LogP contribution in [0.2, 0.25) is 0 Å². The van der Waals surface area contributed by atoms with Crippen molar-refractivity contribution < 1.29 is 23.5 Å². The first kappa shape index (κ1) is 19.4. The summed E-state index contributed by atoms with van der Waals surface area (Å²) in [5, 5.41) is 7.69. The van der Waals surface area contributed by atoms with E-state index < -0.39 is 0 Å². The predicted molar refractivity (Wildman–Crippen MR) is 103 cm³/mol. The van der Waals surface area contributed by atoms with E-state index in [1.165, 1.54) is 17.6 Å². The molecule has 2 heterocycles. The van der Waals surface area contributed by atoms with Crippen LogP contribution in [0.5, 0.6) is 11.5 Å². The quantitative estimate of drug-likeness (QED) is 0.534. The number of furan rings is 1. The Morgan fingerprint density at radius 1 is 1.07 bits per heavy atom. The second kappa shape index (κ2) is 9.56. The molecule has 146 valence electrons. The molecular formula is C19H19N3O5S. The molecule has 0 saturated carbocycles. The first-order chi connectivity index (χ1) is 13.7. The van der Waals surface area contributed by atoms with Crippen LogP contribution in [0.4, 0.5) is 0 Å². The lowest BCUT2D eigenvalue weighted by Gasteiger charge is -2.08. The van der Waals surface area contributed by atoms with Crippen molar-refractivity contribution in [2.45, 2.75) is 6.61 Å². The third-order valence-electron chi connectivity index (χ3n) is 3.65. The number of aromatic nitrogens is 1. The van der Waals surface area contributed by atoms with Crippen molar-refractivity contribution in [3.05, 3.63) is 64.5 Å². The fourth-order valence-electron chi connectivity index (χ4n) is 2.30. The summed E-state index contributed by atoms with van der Waals surface area (Å²) < 4.78 is 15.9. The predicted octanol–water partition coefficient (Wildman–Crippen LogP) is 2.48. The molecule has 3 aromatic rings. The van der Waals surface area contributed by atoms with Crippen LogP contribution in [-0.4, -0.2) is 37.0 Å². The topological polar surface area (TPSA) is 103 Å². The fraction of sp³-hybridized carbons (Fsp3) is 0.211. The number of para-hydroxylation sites is 2. The number of carbonyl (C=O) groups is 2. The molecule has 0 bridgehead atoms. The number of methoxy groups -OCH3 is 1. The molecule has 0 aliphatic carbocycles. The highest BCUT2D eigenvalue weighted by Gasteiger charge is 2.12. The zero-order valence-electron chi connectivity index (χ0n) is 15.1. The molecule has 0 spiro atoms. The Balaban J connectivity index is 1.43. The monoisotopic (exact) mass is 401 g/mol. The number of hydrogen-bond acceptors (Lipinski definition) is 7. The zero-order valence-corrected chi connectivity index (χ0v) is 16.0. The summed E-state index contributed by atoms with van der Waals surface area (Å²) in [6.07, 6.45) is 1.42. The molecule has 0 fully saturated rings. The summed E-state index contributed by atoms with van der Waals surface area (Å²) in [7, 11) is 1.57. The van der Waals surface area contributed by atoms with E-state index in [9.17, 15) is 9.59 Å². The molecule has 28 heavy (non-hydrogen) atoms. The van der Waals surface area contributed by atoms with E-state index in [1.54, 1.807) is 36.8 Å². The van der Waals surface area contributed by atoms with Crippen molar-refractivity contribution in [2.24, 2.45) is 0 Å². The van der Waals surface area contributed by atoms with Crippen LogP contribution in [0.3, 0.4) is 0 Å². The van der Waals surface area contributed by atoms with Gasteiger partial charge in [-0.25, -0.2) is 4.98 Å². The standard InChI is InChI=1S/C19H19N3O5S/c1-25-14-5-2-3-6-15(14)27-11-17-22-13(12-28-17)18(23)20-8-9-21-19(24)16-7-4-10-26-16/h2-7,10,12H,8-9,11H2,1H3,(H,20,23)(H,21,24). The van der Waals surface area contributed by atoms with Gasteiger partial charge in [0.1, 0.15) is 17.3 Å². The highest BCUT2D eigenvalue weighted by molar-refractivity contribution is 7.09. The highest BCUT2D eigenvalue weighted by atomic mass is 32.1. The highest BCUT2D eigenvalue weighted by Crippen LogP contribution is 2.27. The molecule has 9 heteroatoms. The van der Waals surface area contributed by atoms with Crippen LogP contribution in [0.15, 0.2) is 52.5 Å². The number of ether oxygens (including phenoxy) is 2. The van der Waals surface area contributed by atoms with Crippen LogP contribution in [0.25, 0.3) is 0 Å². The molecule has 0 radical (unpaired) electrons. The van der Waals surface area contributed by atoms with Gasteiger partial charge in [0.15, 0.2) is 17.3 Å². The lowest BCUT2D eigenvalue weighted by atomic mass is 10.3. The number of rotatable bonds is 9. The number of thiazole rings is 1. The molecule has 0 saturated heterocycles. The van der Waals surface area contributed by atoms with Gasteiger partial charge >= 0.3 is 0 Å². The van der Waals surface area contributed by atoms with Gasteiger partial charge in [-0.3, -0.25) is 9.59 Å². The fourth-order valence-corrected chi connectivity index (χ4v) is 2.98. The molecule has 1 aromatic carbocycles. The van der Waals surface area contributed by atoms with Gasteiger partial charge in [-0.15, -0.1) is 11.3 Å². The average Bonchev–Trinajstić information content (AvgIpc) is 3.41. The number of nitrogens with one attached hydrogen (secondary N) is 2. The van der Waals surface area contributed by atoms with Gasteiger partial charge in [0.25, 0.3) is 11.8 Å². The van der Waals surface area contributed by atoms with E-state index in [1.807, 2.05) is 12.1 Å². The number of carbonyl (C=O) groups excluding carboxylic acids is 2. The number of benzene rings is 1. The third-order valence-corrected chi connectivity index (χ3v) is 4.47. The summed E-state index contributed by atoms with van der Waals surface area (Å²) in [6.45, 7) is 0.784. The van der Waals surface area contributed by atoms with E-state index in [0.29, 0.717) is 22.2 Å². The second-order valence-corrected chi connectivity index (χ2v) is 6.50. The van der Waals surface area contributed by atoms with Crippen LogP contribution in [0.1, 0.15) is 26.1 Å². The Morgan fingerprint density at radius 2 is 1.82 bits per heavy atom. The van der Waals surface area contributed by atoms with Crippen LogP contribution in [0, 0.1) is 0 Å². The Kier molecular flexibility index (Phi) is 6.64. The van der Waals surface area contributed by atoms with Crippen molar-refractivity contribution >= 4 is 23.2 Å². The molecule has 0 atom stereocenters. The minimum absolute atomic E-state index is 0.227. The SMILES string of the molecule is COc1ccccc1OCc1nc(C(=O)NCCNC(=O)c2ccco2)cs1. The molecule has 2 amide bonds. The van der Waals surface area contributed by atoms with Gasteiger partial charge in [0, 0.05) is 18.5 Å². The zero-order chi connectivity index (χ0) is 19.8. The van der Waals surface area contributed by atoms with Crippen LogP contribution < -0.4 is 20.1 Å². The van der Waals surface area contributed by atoms with Crippen molar-refractivity contribution in [3.63, 3.8) is 0 Å². The number of hydrogen-bond donors (Lipinski definition) is 2. The summed E-state index contributed by atoms with van der Waals surface area (Å²) >= 11 is 1.33. The average molecular weight is 401 g/mol. The lowest BCUT2D eigenvalue weighted by Crippen LogP contribution is -2.34. The summed E-state index contributed by atoms with van der Waals surface area (Å²) in [5.74, 6) is 0.827. The smallest absolute Gasteiger partial charge is 0.287 e. The Hall–Kier alpha value is -3.33. The van der Waals surface area contributed by atoms with Gasteiger partial charge in [-0.05, 0) is 24.3 Å². The Labute approximate surface area is 165 Å². The minimum Gasteiger partial charge on any atom is -0.493 e. The first-order valence-electron chi connectivity index (χ1n) is 8.47. The molecule has 2 aromatic heterocycles. The van der Waals surface area contributed by atoms with E-state index >= 15 is 0 Å². The molecule has 3 rings (SSSR count). The Morgan fingerprint density at radius 3 is 2.54 bits per heavy atom. The van der Waals surface area contributed by atoms with E-state index in [4.69, 9.17) is 13.9 Å². The van der Waals surface area contributed by atoms with Crippen LogP contribution >= 0.6 is 11.3 Å². The van der Waals surface area contributed by atoms with Crippen molar-refractivity contribution in [2.75, 3.05) is 20.2 Å². The molecule has 0 aliphatic heterocycles. The maximum atomic E-state index is 12.1. The maximum Gasteiger partial charge on any atom is 0.287 e. The van der Waals surface area contributed by atoms with Crippen molar-refractivity contribution in [1.82, 2.24) is 15.6 Å². The maximum absolute atomic E-state index is 12.1. The van der Waals surface area contributed by atoms with Gasteiger partial charge < -0.3 is 24.5 Å². The normalized spacial score (nSPS) is 10.3. The minimum atomic E-state index is -0.330. The molecule has 8 nitrogen and oxygen atoms in total. The van der Waals surface area contributed by atoms with Gasteiger partial charge in [-0.2, -0.15) is 0 Å². The van der Waals surface area contributed by atoms with Gasteiger partial charge in [0.05, 0.1) is 13.4 Å². The molecular weight excluding hydrogens is 382 g/mol. The number of amides is 2. The summed E-state index contributed by atoms with van der Waals surface area (Å²) in [6, 6.07) is 10.5. The third kappa shape index (κ3) is 5.10. The lowest BCUT2D eigenvalue weighted by molar-refractivity contribution is 0.0909. The molecule has 2 N–H and O–H groups in total. The van der Waals surface area contributed by atoms with Gasteiger partial charge in [-0.1, -0.05) is 12.1 Å². The largest absolute Gasteiger partial charge is 0.493 e. The van der Waals surface area contributed by atoms with Crippen molar-refractivity contribution in [3.8, 4) is 11.5 Å². The molecule has 0 unspecified atom stereocenters. The molecule has 0 aliphatic rings. The summed E-state index contributed by atoms with van der Waals surface area (Å²) in [4.78, 5) is 28.1. The summed E-state index contributed by atoms with van der Waals surface area (Å²) in [5.41, 5.74) is 0.306. The van der Waals surface area contributed by atoms with E-state index in [-0.39, 0.29) is 37.3 Å². The number of nitrogens with zero attached hydrogens (tertiary/aromatic N) is 1. The van der Waals surface area contributed by atoms with Crippen LogP contribution in [-0.2, 0) is 6.61 Å². The first-order valence-corrected chi connectivity index (χ1v) is 9.35. The van der Waals surface area contributed by atoms with E-state index in [0.717, 1.165) is 0 Å². The van der Waals surface area contributed by atoms with Gasteiger partial charge in [0.2, 0.25) is 0 Å². The van der Waals surface area contributed by atoms with Crippen molar-refractivity contribution in [1.29, 1.82) is 0 Å².